The van der Waals surface area contributed by atoms with E-state index in [1.165, 1.54) is 0 Å². The van der Waals surface area contributed by atoms with E-state index in [1.54, 1.807) is 12.4 Å². The Kier molecular flexibility index (Phi) is 4.93. The fourth-order valence-corrected chi connectivity index (χ4v) is 1.08. The van der Waals surface area contributed by atoms with Crippen LogP contribution in [0.2, 0.25) is 0 Å². The third-order valence-electron chi connectivity index (χ3n) is 1.80. The summed E-state index contributed by atoms with van der Waals surface area (Å²) < 4.78 is 0. The third kappa shape index (κ3) is 3.70. The first-order chi connectivity index (χ1) is 6.86. The Morgan fingerprint density at radius 3 is 2.86 bits per heavy atom. The maximum atomic E-state index is 4.41. The van der Waals surface area contributed by atoms with E-state index in [-0.39, 0.29) is 0 Å². The largest absolute Gasteiger partial charge is 0.369 e. The van der Waals surface area contributed by atoms with E-state index in [4.69, 9.17) is 0 Å². The van der Waals surface area contributed by atoms with Gasteiger partial charge in [0.2, 0.25) is 0 Å². The molecule has 1 heterocycles. The lowest BCUT2D eigenvalue weighted by atomic mass is 10.4. The molecule has 0 bridgehead atoms. The minimum Gasteiger partial charge on any atom is -0.369 e. The smallest absolute Gasteiger partial charge is 0.144 e. The molecule has 1 rings (SSSR count). The van der Waals surface area contributed by atoms with Gasteiger partial charge in [0.25, 0.3) is 0 Å². The molecule has 0 aromatic carbocycles. The molecule has 0 aliphatic rings. The van der Waals surface area contributed by atoms with E-state index in [0.717, 1.165) is 37.6 Å². The van der Waals surface area contributed by atoms with Crippen molar-refractivity contribution in [2.75, 3.05) is 18.4 Å². The molecule has 0 radical (unpaired) electrons. The van der Waals surface area contributed by atoms with Crippen LogP contribution in [-0.2, 0) is 6.54 Å². The summed E-state index contributed by atoms with van der Waals surface area (Å²) in [6.45, 7) is 6.88. The highest BCUT2D eigenvalue weighted by molar-refractivity contribution is 5.31. The lowest BCUT2D eigenvalue weighted by molar-refractivity contribution is 0.707. The SMILES string of the molecule is CCCNc1cncc(CNCC)n1. The van der Waals surface area contributed by atoms with Crippen LogP contribution in [0.5, 0.6) is 0 Å². The summed E-state index contributed by atoms with van der Waals surface area (Å²) in [5.74, 6) is 0.863. The molecule has 0 spiro atoms. The summed E-state index contributed by atoms with van der Waals surface area (Å²) in [7, 11) is 0. The zero-order valence-corrected chi connectivity index (χ0v) is 8.88. The first-order valence-corrected chi connectivity index (χ1v) is 5.12. The van der Waals surface area contributed by atoms with Crippen LogP contribution in [0.25, 0.3) is 0 Å². The molecule has 0 amide bonds. The lowest BCUT2D eigenvalue weighted by Gasteiger charge is -2.05. The van der Waals surface area contributed by atoms with Gasteiger partial charge in [0.05, 0.1) is 11.9 Å². The molecule has 0 unspecified atom stereocenters. The van der Waals surface area contributed by atoms with Crippen LogP contribution in [0.1, 0.15) is 26.0 Å². The maximum absolute atomic E-state index is 4.41. The molecule has 0 saturated carbocycles. The van der Waals surface area contributed by atoms with Crippen molar-refractivity contribution in [2.45, 2.75) is 26.8 Å². The van der Waals surface area contributed by atoms with E-state index < -0.39 is 0 Å². The normalized spacial score (nSPS) is 10.1. The van der Waals surface area contributed by atoms with Crippen LogP contribution in [0.3, 0.4) is 0 Å². The Labute approximate surface area is 85.2 Å². The van der Waals surface area contributed by atoms with Crippen LogP contribution in [-0.4, -0.2) is 23.1 Å². The van der Waals surface area contributed by atoms with Gasteiger partial charge in [-0.25, -0.2) is 4.98 Å². The Balaban J connectivity index is 2.50. The van der Waals surface area contributed by atoms with Gasteiger partial charge in [0, 0.05) is 19.3 Å². The van der Waals surface area contributed by atoms with E-state index in [2.05, 4.69) is 34.4 Å². The first kappa shape index (κ1) is 10.9. The number of aromatic nitrogens is 2. The molecule has 14 heavy (non-hydrogen) atoms. The van der Waals surface area contributed by atoms with Gasteiger partial charge in [-0.15, -0.1) is 0 Å². The number of hydrogen-bond acceptors (Lipinski definition) is 4. The lowest BCUT2D eigenvalue weighted by Crippen LogP contribution is -2.14. The van der Waals surface area contributed by atoms with Crippen molar-refractivity contribution in [3.8, 4) is 0 Å². The first-order valence-electron chi connectivity index (χ1n) is 5.12. The monoisotopic (exact) mass is 194 g/mol. The summed E-state index contributed by atoms with van der Waals surface area (Å²) in [5, 5.41) is 6.43. The number of nitrogens with one attached hydrogen (secondary N) is 2. The summed E-state index contributed by atoms with van der Waals surface area (Å²) in [6.07, 6.45) is 4.64. The second-order valence-electron chi connectivity index (χ2n) is 3.10. The predicted octanol–water partition coefficient (Wildman–Crippen LogP) is 1.41. The quantitative estimate of drug-likeness (QED) is 0.719. The number of nitrogens with zero attached hydrogens (tertiary/aromatic N) is 2. The Morgan fingerprint density at radius 1 is 1.29 bits per heavy atom. The zero-order valence-electron chi connectivity index (χ0n) is 8.88. The Morgan fingerprint density at radius 2 is 2.14 bits per heavy atom. The van der Waals surface area contributed by atoms with Gasteiger partial charge in [-0.2, -0.15) is 0 Å². The highest BCUT2D eigenvalue weighted by Crippen LogP contribution is 2.01. The Bertz CT molecular complexity index is 239. The van der Waals surface area contributed by atoms with Crippen molar-refractivity contribution in [3.63, 3.8) is 0 Å². The second-order valence-corrected chi connectivity index (χ2v) is 3.10. The van der Waals surface area contributed by atoms with Crippen molar-refractivity contribution in [2.24, 2.45) is 0 Å². The zero-order chi connectivity index (χ0) is 10.2. The summed E-state index contributed by atoms with van der Waals surface area (Å²) in [5.41, 5.74) is 0.980. The van der Waals surface area contributed by atoms with Gasteiger partial charge in [-0.05, 0) is 13.0 Å². The molecule has 1 aromatic rings. The minimum atomic E-state index is 0.783. The van der Waals surface area contributed by atoms with E-state index in [1.807, 2.05) is 0 Å². The number of anilines is 1. The van der Waals surface area contributed by atoms with Gasteiger partial charge < -0.3 is 10.6 Å². The number of hydrogen-bond donors (Lipinski definition) is 2. The third-order valence-corrected chi connectivity index (χ3v) is 1.80. The van der Waals surface area contributed by atoms with Gasteiger partial charge in [-0.1, -0.05) is 13.8 Å². The summed E-state index contributed by atoms with van der Waals surface area (Å²) >= 11 is 0. The second kappa shape index (κ2) is 6.32. The van der Waals surface area contributed by atoms with Crippen molar-refractivity contribution < 1.29 is 0 Å². The summed E-state index contributed by atoms with van der Waals surface area (Å²) in [6, 6.07) is 0. The standard InChI is InChI=1S/C10H18N4/c1-3-5-13-10-8-12-7-9(14-10)6-11-4-2/h7-8,11H,3-6H2,1-2H3,(H,13,14). The van der Waals surface area contributed by atoms with Crippen molar-refractivity contribution in [1.82, 2.24) is 15.3 Å². The van der Waals surface area contributed by atoms with Crippen LogP contribution in [0.15, 0.2) is 12.4 Å². The van der Waals surface area contributed by atoms with Crippen molar-refractivity contribution in [3.05, 3.63) is 18.1 Å². The molecule has 0 saturated heterocycles. The minimum absolute atomic E-state index is 0.783. The van der Waals surface area contributed by atoms with Crippen LogP contribution in [0, 0.1) is 0 Å². The van der Waals surface area contributed by atoms with E-state index >= 15 is 0 Å². The molecular formula is C10H18N4. The Hall–Kier alpha value is -1.16. The maximum Gasteiger partial charge on any atom is 0.144 e. The highest BCUT2D eigenvalue weighted by Gasteiger charge is 1.96. The molecule has 1 aromatic heterocycles. The fourth-order valence-electron chi connectivity index (χ4n) is 1.08. The van der Waals surface area contributed by atoms with Gasteiger partial charge in [0.1, 0.15) is 5.82 Å². The van der Waals surface area contributed by atoms with E-state index in [0.29, 0.717) is 0 Å². The molecule has 4 heteroatoms. The number of rotatable bonds is 6. The van der Waals surface area contributed by atoms with E-state index in [9.17, 15) is 0 Å². The molecule has 2 N–H and O–H groups in total. The molecule has 78 valence electrons. The highest BCUT2D eigenvalue weighted by atomic mass is 15.0. The summed E-state index contributed by atoms with van der Waals surface area (Å²) in [4.78, 5) is 8.54. The molecular weight excluding hydrogens is 176 g/mol. The predicted molar refractivity (Wildman–Crippen MR) is 58.2 cm³/mol. The topological polar surface area (TPSA) is 49.8 Å². The van der Waals surface area contributed by atoms with Crippen LogP contribution in [0.4, 0.5) is 5.82 Å². The molecule has 4 nitrogen and oxygen atoms in total. The average Bonchev–Trinajstić information content (AvgIpc) is 2.24. The van der Waals surface area contributed by atoms with Crippen LogP contribution < -0.4 is 10.6 Å². The van der Waals surface area contributed by atoms with Crippen molar-refractivity contribution in [1.29, 1.82) is 0 Å². The van der Waals surface area contributed by atoms with Gasteiger partial charge in [-0.3, -0.25) is 4.98 Å². The molecule has 0 aliphatic heterocycles. The van der Waals surface area contributed by atoms with Gasteiger partial charge in [0.15, 0.2) is 0 Å². The fraction of sp³-hybridized carbons (Fsp3) is 0.600. The molecule has 0 aliphatic carbocycles. The van der Waals surface area contributed by atoms with Crippen molar-refractivity contribution >= 4 is 5.82 Å². The molecule has 0 atom stereocenters. The van der Waals surface area contributed by atoms with Gasteiger partial charge >= 0.3 is 0 Å². The average molecular weight is 194 g/mol. The van der Waals surface area contributed by atoms with Crippen LogP contribution >= 0.6 is 0 Å². The molecule has 0 fully saturated rings.